The Kier molecular flexibility index (Phi) is 6.51. The first-order valence-electron chi connectivity index (χ1n) is 12.9. The van der Waals surface area contributed by atoms with Gasteiger partial charge in [0.25, 0.3) is 0 Å². The van der Waals surface area contributed by atoms with Crippen LogP contribution in [0.25, 0.3) is 44.8 Å². The van der Waals surface area contributed by atoms with Gasteiger partial charge in [-0.05, 0) is 80.6 Å². The van der Waals surface area contributed by atoms with Crippen molar-refractivity contribution in [1.29, 1.82) is 0 Å². The summed E-state index contributed by atoms with van der Waals surface area (Å²) in [5.41, 5.74) is 7.16. The molecule has 3 aromatic carbocycles. The summed E-state index contributed by atoms with van der Waals surface area (Å²) in [5.74, 6) is 2.49. The van der Waals surface area contributed by atoms with Crippen molar-refractivity contribution in [1.82, 2.24) is 24.8 Å². The third-order valence-corrected chi connectivity index (χ3v) is 7.04. The zero-order valence-corrected chi connectivity index (χ0v) is 21.1. The predicted molar refractivity (Wildman–Crippen MR) is 148 cm³/mol. The molecule has 1 aliphatic heterocycles. The van der Waals surface area contributed by atoms with E-state index in [1.807, 2.05) is 30.3 Å². The van der Waals surface area contributed by atoms with Gasteiger partial charge in [0.15, 0.2) is 0 Å². The number of ether oxygens (including phenoxy) is 1. The SMILES string of the molecule is CN1CCN(c2ccc3nc(-c4ccc5nc(-c6ccc(OCCCCO)cc6)[nH]c5c4)[nH]c3c2)CC1. The zero-order chi connectivity index (χ0) is 25.2. The number of likely N-dealkylation sites (N-methyl/N-ethyl adjacent to an activating group) is 1. The summed E-state index contributed by atoms with van der Waals surface area (Å²) in [6.45, 7) is 5.06. The number of benzene rings is 3. The van der Waals surface area contributed by atoms with Crippen LogP contribution in [0.5, 0.6) is 5.75 Å². The van der Waals surface area contributed by atoms with Crippen molar-refractivity contribution in [2.45, 2.75) is 12.8 Å². The standard InChI is InChI=1S/C29H32N6O2/c1-34-12-14-35(15-13-34)22-7-11-25-27(19-22)33-29(31-25)21-6-10-24-26(18-21)32-28(30-24)20-4-8-23(9-5-20)37-17-3-2-16-36/h4-11,18-19,36H,2-3,12-17H2,1H3,(H,30,32)(H,31,33). The van der Waals surface area contributed by atoms with Crippen LogP contribution < -0.4 is 9.64 Å². The molecule has 3 N–H and O–H groups in total. The van der Waals surface area contributed by atoms with Crippen LogP contribution in [0.1, 0.15) is 12.8 Å². The van der Waals surface area contributed by atoms with Gasteiger partial charge in [-0.15, -0.1) is 0 Å². The van der Waals surface area contributed by atoms with Crippen LogP contribution in [0, 0.1) is 0 Å². The zero-order valence-electron chi connectivity index (χ0n) is 21.1. The third kappa shape index (κ3) is 5.03. The number of aliphatic hydroxyl groups is 1. The van der Waals surface area contributed by atoms with Crippen molar-refractivity contribution in [3.8, 4) is 28.5 Å². The van der Waals surface area contributed by atoms with Crippen molar-refractivity contribution in [2.75, 3.05) is 51.3 Å². The molecule has 6 rings (SSSR count). The lowest BCUT2D eigenvalue weighted by Gasteiger charge is -2.34. The van der Waals surface area contributed by atoms with E-state index in [4.69, 9.17) is 19.8 Å². The van der Waals surface area contributed by atoms with Gasteiger partial charge in [-0.1, -0.05) is 0 Å². The van der Waals surface area contributed by atoms with E-state index in [9.17, 15) is 0 Å². The third-order valence-electron chi connectivity index (χ3n) is 7.04. The van der Waals surface area contributed by atoms with Gasteiger partial charge >= 0.3 is 0 Å². The van der Waals surface area contributed by atoms with Gasteiger partial charge in [-0.25, -0.2) is 9.97 Å². The first-order chi connectivity index (χ1) is 18.2. The first kappa shape index (κ1) is 23.5. The highest BCUT2D eigenvalue weighted by Gasteiger charge is 2.16. The van der Waals surface area contributed by atoms with Crippen molar-refractivity contribution in [3.05, 3.63) is 60.7 Å². The number of hydrogen-bond donors (Lipinski definition) is 3. The van der Waals surface area contributed by atoms with E-state index in [1.165, 1.54) is 5.69 Å². The number of anilines is 1. The second kappa shape index (κ2) is 10.2. The number of hydrogen-bond acceptors (Lipinski definition) is 6. The van der Waals surface area contributed by atoms with Crippen molar-refractivity contribution in [2.24, 2.45) is 0 Å². The molecule has 0 aliphatic carbocycles. The van der Waals surface area contributed by atoms with Gasteiger partial charge in [0.2, 0.25) is 0 Å². The van der Waals surface area contributed by atoms with Crippen LogP contribution in [0.15, 0.2) is 60.7 Å². The summed E-state index contributed by atoms with van der Waals surface area (Å²) in [7, 11) is 2.18. The Labute approximate surface area is 215 Å². The molecule has 0 bridgehead atoms. The normalized spacial score (nSPS) is 14.6. The summed E-state index contributed by atoms with van der Waals surface area (Å²) in [4.78, 5) is 21.4. The summed E-state index contributed by atoms with van der Waals surface area (Å²) in [6, 6.07) is 20.6. The Morgan fingerprint density at radius 2 is 1.43 bits per heavy atom. The number of rotatable bonds is 8. The summed E-state index contributed by atoms with van der Waals surface area (Å²) < 4.78 is 5.74. The average Bonchev–Trinajstić information content (AvgIpc) is 3.55. The van der Waals surface area contributed by atoms with E-state index >= 15 is 0 Å². The molecule has 0 amide bonds. The number of fused-ring (bicyclic) bond motifs is 2. The molecule has 8 nitrogen and oxygen atoms in total. The molecular weight excluding hydrogens is 464 g/mol. The predicted octanol–water partition coefficient (Wildman–Crippen LogP) is 4.68. The van der Waals surface area contributed by atoms with E-state index in [0.717, 1.165) is 89.6 Å². The van der Waals surface area contributed by atoms with Crippen LogP contribution in [-0.2, 0) is 0 Å². The van der Waals surface area contributed by atoms with Crippen LogP contribution in [-0.4, -0.2) is 76.4 Å². The topological polar surface area (TPSA) is 93.3 Å². The lowest BCUT2D eigenvalue weighted by Crippen LogP contribution is -2.44. The minimum Gasteiger partial charge on any atom is -0.494 e. The first-order valence-corrected chi connectivity index (χ1v) is 12.9. The Hall–Kier alpha value is -3.88. The molecule has 190 valence electrons. The second-order valence-corrected chi connectivity index (χ2v) is 9.70. The van der Waals surface area contributed by atoms with E-state index in [2.05, 4.69) is 57.1 Å². The van der Waals surface area contributed by atoms with Crippen molar-refractivity contribution >= 4 is 27.8 Å². The molecule has 0 spiro atoms. The largest absolute Gasteiger partial charge is 0.494 e. The number of H-pyrrole nitrogens is 2. The lowest BCUT2D eigenvalue weighted by atomic mass is 10.2. The smallest absolute Gasteiger partial charge is 0.138 e. The summed E-state index contributed by atoms with van der Waals surface area (Å²) in [5, 5.41) is 8.89. The molecule has 0 atom stereocenters. The van der Waals surface area contributed by atoms with Gasteiger partial charge in [0.1, 0.15) is 17.4 Å². The molecule has 0 radical (unpaired) electrons. The number of imidazole rings is 2. The van der Waals surface area contributed by atoms with Gasteiger partial charge in [0, 0.05) is 49.6 Å². The molecule has 8 heteroatoms. The van der Waals surface area contributed by atoms with Crippen LogP contribution in [0.3, 0.4) is 0 Å². The molecule has 0 saturated carbocycles. The van der Waals surface area contributed by atoms with E-state index in [-0.39, 0.29) is 6.61 Å². The van der Waals surface area contributed by atoms with Gasteiger partial charge in [0.05, 0.1) is 28.7 Å². The number of piperazine rings is 1. The van der Waals surface area contributed by atoms with Crippen LogP contribution in [0.2, 0.25) is 0 Å². The highest BCUT2D eigenvalue weighted by Crippen LogP contribution is 2.28. The number of unbranched alkanes of at least 4 members (excludes halogenated alkanes) is 1. The summed E-state index contributed by atoms with van der Waals surface area (Å²) >= 11 is 0. The molecule has 1 saturated heterocycles. The van der Waals surface area contributed by atoms with Crippen LogP contribution >= 0.6 is 0 Å². The molecule has 3 heterocycles. The number of aromatic amines is 2. The summed E-state index contributed by atoms with van der Waals surface area (Å²) in [6.07, 6.45) is 1.59. The Morgan fingerprint density at radius 3 is 2.16 bits per heavy atom. The van der Waals surface area contributed by atoms with Crippen molar-refractivity contribution in [3.63, 3.8) is 0 Å². The molecule has 1 fully saturated rings. The molecule has 0 unspecified atom stereocenters. The monoisotopic (exact) mass is 496 g/mol. The number of aliphatic hydroxyl groups excluding tert-OH is 1. The van der Waals surface area contributed by atoms with Gasteiger partial charge < -0.3 is 29.6 Å². The Bertz CT molecular complexity index is 1500. The lowest BCUT2D eigenvalue weighted by molar-refractivity contribution is 0.253. The molecule has 2 aromatic heterocycles. The minimum absolute atomic E-state index is 0.199. The quantitative estimate of drug-likeness (QED) is 0.270. The van der Waals surface area contributed by atoms with Gasteiger partial charge in [-0.3, -0.25) is 0 Å². The molecule has 37 heavy (non-hydrogen) atoms. The van der Waals surface area contributed by atoms with E-state index in [0.29, 0.717) is 6.61 Å². The highest BCUT2D eigenvalue weighted by atomic mass is 16.5. The van der Waals surface area contributed by atoms with E-state index in [1.54, 1.807) is 0 Å². The maximum atomic E-state index is 8.89. The molecule has 5 aromatic rings. The molecule has 1 aliphatic rings. The van der Waals surface area contributed by atoms with Crippen molar-refractivity contribution < 1.29 is 9.84 Å². The van der Waals surface area contributed by atoms with E-state index < -0.39 is 0 Å². The fourth-order valence-electron chi connectivity index (χ4n) is 4.80. The minimum atomic E-state index is 0.199. The fourth-order valence-corrected chi connectivity index (χ4v) is 4.80. The maximum absolute atomic E-state index is 8.89. The molecular formula is C29H32N6O2. The van der Waals surface area contributed by atoms with Gasteiger partial charge in [-0.2, -0.15) is 0 Å². The Morgan fingerprint density at radius 1 is 0.784 bits per heavy atom. The van der Waals surface area contributed by atoms with Crippen LogP contribution in [0.4, 0.5) is 5.69 Å². The number of nitrogens with one attached hydrogen (secondary N) is 2. The number of nitrogens with zero attached hydrogens (tertiary/aromatic N) is 4. The fraction of sp³-hybridized carbons (Fsp3) is 0.310. The highest BCUT2D eigenvalue weighted by molar-refractivity contribution is 5.87. The maximum Gasteiger partial charge on any atom is 0.138 e. The second-order valence-electron chi connectivity index (χ2n) is 9.70. The number of aromatic nitrogens is 4. The Balaban J connectivity index is 1.21. The average molecular weight is 497 g/mol.